The highest BCUT2D eigenvalue weighted by molar-refractivity contribution is 6.30. The first kappa shape index (κ1) is 18.4. The normalized spacial score (nSPS) is 12.5. The third-order valence-electron chi connectivity index (χ3n) is 4.51. The van der Waals surface area contributed by atoms with Crippen molar-refractivity contribution in [2.45, 2.75) is 19.9 Å². The van der Waals surface area contributed by atoms with Crippen molar-refractivity contribution >= 4 is 28.4 Å². The number of hydrogen-bond donors (Lipinski definition) is 1. The zero-order valence-electron chi connectivity index (χ0n) is 14.9. The van der Waals surface area contributed by atoms with Gasteiger partial charge in [-0.3, -0.25) is 9.69 Å². The van der Waals surface area contributed by atoms with Gasteiger partial charge in [-0.05, 0) is 37.4 Å². The number of pyridine rings is 1. The van der Waals surface area contributed by atoms with Crippen LogP contribution in [0.3, 0.4) is 0 Å². The average Bonchev–Trinajstić information content (AvgIpc) is 3.18. The van der Waals surface area contributed by atoms with E-state index in [-0.39, 0.29) is 11.9 Å². The number of carbonyl (C=O) groups is 1. The van der Waals surface area contributed by atoms with Crippen molar-refractivity contribution in [3.8, 4) is 0 Å². The van der Waals surface area contributed by atoms with Crippen molar-refractivity contribution in [1.82, 2.24) is 15.2 Å². The van der Waals surface area contributed by atoms with E-state index in [0.717, 1.165) is 24.2 Å². The lowest BCUT2D eigenvalue weighted by atomic mass is 10.1. The molecule has 1 unspecified atom stereocenters. The Hall–Kier alpha value is -2.37. The highest BCUT2D eigenvalue weighted by Gasteiger charge is 2.22. The fraction of sp³-hybridized carbons (Fsp3) is 0.300. The molecular formula is C20H22ClN3O2. The minimum absolute atomic E-state index is 0.0208. The molecule has 6 heteroatoms. The largest absolute Gasteiger partial charge is 0.468 e. The van der Waals surface area contributed by atoms with E-state index in [1.807, 2.05) is 36.4 Å². The Bertz CT molecular complexity index is 876. The maximum atomic E-state index is 12.8. The number of benzene rings is 1. The zero-order valence-corrected chi connectivity index (χ0v) is 15.7. The van der Waals surface area contributed by atoms with E-state index >= 15 is 0 Å². The number of hydrogen-bond acceptors (Lipinski definition) is 4. The summed E-state index contributed by atoms with van der Waals surface area (Å²) in [6.45, 7) is 6.36. The molecule has 1 atom stereocenters. The Labute approximate surface area is 158 Å². The summed E-state index contributed by atoms with van der Waals surface area (Å²) in [5, 5.41) is 4.12. The molecular weight excluding hydrogens is 350 g/mol. The smallest absolute Gasteiger partial charge is 0.252 e. The summed E-state index contributed by atoms with van der Waals surface area (Å²) in [4.78, 5) is 19.4. The number of para-hydroxylation sites is 1. The molecule has 0 saturated carbocycles. The maximum absolute atomic E-state index is 12.8. The van der Waals surface area contributed by atoms with Gasteiger partial charge in [0, 0.05) is 11.9 Å². The summed E-state index contributed by atoms with van der Waals surface area (Å²) in [6.07, 6.45) is 1.66. The Morgan fingerprint density at radius 3 is 2.69 bits per heavy atom. The Morgan fingerprint density at radius 1 is 1.23 bits per heavy atom. The van der Waals surface area contributed by atoms with Gasteiger partial charge in [0.1, 0.15) is 10.9 Å². The van der Waals surface area contributed by atoms with Crippen molar-refractivity contribution in [2.75, 3.05) is 19.6 Å². The number of carbonyl (C=O) groups excluding carboxylic acids is 1. The topological polar surface area (TPSA) is 58.4 Å². The summed E-state index contributed by atoms with van der Waals surface area (Å²) in [5.74, 6) is 0.667. The summed E-state index contributed by atoms with van der Waals surface area (Å²) < 4.78 is 5.58. The van der Waals surface area contributed by atoms with E-state index in [4.69, 9.17) is 16.0 Å². The maximum Gasteiger partial charge on any atom is 0.252 e. The lowest BCUT2D eigenvalue weighted by Gasteiger charge is -2.28. The minimum Gasteiger partial charge on any atom is -0.468 e. The first-order valence-electron chi connectivity index (χ1n) is 8.75. The minimum atomic E-state index is -0.172. The molecule has 1 amide bonds. The summed E-state index contributed by atoms with van der Waals surface area (Å²) in [6, 6.07) is 12.9. The van der Waals surface area contributed by atoms with Crippen molar-refractivity contribution in [2.24, 2.45) is 0 Å². The molecule has 136 valence electrons. The van der Waals surface area contributed by atoms with Crippen LogP contribution in [0.25, 0.3) is 10.9 Å². The molecule has 0 aliphatic rings. The first-order chi connectivity index (χ1) is 12.6. The Balaban J connectivity index is 1.83. The second-order valence-electron chi connectivity index (χ2n) is 5.97. The van der Waals surface area contributed by atoms with Gasteiger partial charge in [0.25, 0.3) is 5.91 Å². The second-order valence-corrected chi connectivity index (χ2v) is 6.36. The van der Waals surface area contributed by atoms with E-state index in [9.17, 15) is 4.79 Å². The molecule has 26 heavy (non-hydrogen) atoms. The summed E-state index contributed by atoms with van der Waals surface area (Å²) >= 11 is 6.09. The number of rotatable bonds is 7. The molecule has 0 spiro atoms. The SMILES string of the molecule is CCN(CC)C(CNC(=O)c1cc(Cl)nc2ccccc12)c1ccco1. The Kier molecular flexibility index (Phi) is 5.91. The van der Waals surface area contributed by atoms with E-state index in [2.05, 4.69) is 29.0 Å². The fourth-order valence-electron chi connectivity index (χ4n) is 3.17. The van der Waals surface area contributed by atoms with Gasteiger partial charge >= 0.3 is 0 Å². The molecule has 0 aliphatic carbocycles. The molecule has 0 fully saturated rings. The van der Waals surface area contributed by atoms with E-state index < -0.39 is 0 Å². The van der Waals surface area contributed by atoms with Gasteiger partial charge in [0.05, 0.1) is 23.4 Å². The molecule has 1 aromatic carbocycles. The molecule has 2 aromatic heterocycles. The molecule has 0 radical (unpaired) electrons. The third kappa shape index (κ3) is 3.89. The van der Waals surface area contributed by atoms with Crippen LogP contribution >= 0.6 is 11.6 Å². The number of fused-ring (bicyclic) bond motifs is 1. The van der Waals surface area contributed by atoms with Crippen LogP contribution < -0.4 is 5.32 Å². The number of aromatic nitrogens is 1. The van der Waals surface area contributed by atoms with Gasteiger partial charge in [0.15, 0.2) is 0 Å². The summed E-state index contributed by atoms with van der Waals surface area (Å²) in [5.41, 5.74) is 1.23. The zero-order chi connectivity index (χ0) is 18.5. The van der Waals surface area contributed by atoms with Crippen LogP contribution in [0.2, 0.25) is 5.15 Å². The van der Waals surface area contributed by atoms with Crippen LogP contribution in [-0.4, -0.2) is 35.4 Å². The molecule has 3 aromatic rings. The molecule has 0 aliphatic heterocycles. The van der Waals surface area contributed by atoms with E-state index in [0.29, 0.717) is 22.8 Å². The number of likely N-dealkylation sites (N-methyl/N-ethyl adjacent to an activating group) is 1. The van der Waals surface area contributed by atoms with Gasteiger partial charge < -0.3 is 9.73 Å². The molecule has 2 heterocycles. The van der Waals surface area contributed by atoms with Gasteiger partial charge in [-0.2, -0.15) is 0 Å². The van der Waals surface area contributed by atoms with Gasteiger partial charge in [-0.1, -0.05) is 43.6 Å². The monoisotopic (exact) mass is 371 g/mol. The highest BCUT2D eigenvalue weighted by atomic mass is 35.5. The van der Waals surface area contributed by atoms with Crippen molar-refractivity contribution in [1.29, 1.82) is 0 Å². The number of nitrogens with one attached hydrogen (secondary N) is 1. The number of amides is 1. The standard InChI is InChI=1S/C20H22ClN3O2/c1-3-24(4-2)17(18-10-7-11-26-18)13-22-20(25)15-12-19(21)23-16-9-6-5-8-14(15)16/h5-12,17H,3-4,13H2,1-2H3,(H,22,25). The lowest BCUT2D eigenvalue weighted by molar-refractivity contribution is 0.0931. The first-order valence-corrected chi connectivity index (χ1v) is 9.12. The van der Waals surface area contributed by atoms with Crippen LogP contribution in [0.1, 0.15) is 36.0 Å². The third-order valence-corrected chi connectivity index (χ3v) is 4.70. The number of halogens is 1. The van der Waals surface area contributed by atoms with Crippen molar-refractivity contribution < 1.29 is 9.21 Å². The second kappa shape index (κ2) is 8.34. The van der Waals surface area contributed by atoms with Crippen molar-refractivity contribution in [3.05, 3.63) is 65.2 Å². The van der Waals surface area contributed by atoms with E-state index in [1.54, 1.807) is 12.3 Å². The van der Waals surface area contributed by atoms with Crippen LogP contribution in [0.4, 0.5) is 0 Å². The van der Waals surface area contributed by atoms with Crippen LogP contribution in [0.15, 0.2) is 53.1 Å². The Morgan fingerprint density at radius 2 is 2.00 bits per heavy atom. The predicted octanol–water partition coefficient (Wildman–Crippen LogP) is 4.29. The van der Waals surface area contributed by atoms with Crippen LogP contribution in [0, 0.1) is 0 Å². The molecule has 0 saturated heterocycles. The molecule has 3 rings (SSSR count). The van der Waals surface area contributed by atoms with Gasteiger partial charge in [-0.15, -0.1) is 0 Å². The molecule has 5 nitrogen and oxygen atoms in total. The predicted molar refractivity (Wildman–Crippen MR) is 103 cm³/mol. The molecule has 0 bridgehead atoms. The van der Waals surface area contributed by atoms with Crippen molar-refractivity contribution in [3.63, 3.8) is 0 Å². The van der Waals surface area contributed by atoms with Crippen LogP contribution in [-0.2, 0) is 0 Å². The molecule has 1 N–H and O–H groups in total. The van der Waals surface area contributed by atoms with Gasteiger partial charge in [0.2, 0.25) is 0 Å². The highest BCUT2D eigenvalue weighted by Crippen LogP contribution is 2.23. The fourth-order valence-corrected chi connectivity index (χ4v) is 3.37. The summed E-state index contributed by atoms with van der Waals surface area (Å²) in [7, 11) is 0. The van der Waals surface area contributed by atoms with Crippen LogP contribution in [0.5, 0.6) is 0 Å². The lowest BCUT2D eigenvalue weighted by Crippen LogP contribution is -2.38. The average molecular weight is 372 g/mol. The van der Waals surface area contributed by atoms with E-state index in [1.165, 1.54) is 0 Å². The quantitative estimate of drug-likeness (QED) is 0.629. The number of nitrogens with zero attached hydrogens (tertiary/aromatic N) is 2. The van der Waals surface area contributed by atoms with Gasteiger partial charge in [-0.25, -0.2) is 4.98 Å². The number of furan rings is 1.